The third-order valence-corrected chi connectivity index (χ3v) is 5.03. The first-order valence-corrected chi connectivity index (χ1v) is 8.87. The SMILES string of the molecule is CN1CCN(C(=O)c2ccc(-c3c(O)[nH]c4ccc([N+](=O)[O-])cc34)nc2)CC1. The Hall–Kier alpha value is -3.46. The second kappa shape index (κ2) is 6.93. The van der Waals surface area contributed by atoms with Gasteiger partial charge in [0.1, 0.15) is 0 Å². The number of aromatic amines is 1. The highest BCUT2D eigenvalue weighted by atomic mass is 16.6. The van der Waals surface area contributed by atoms with Crippen LogP contribution < -0.4 is 0 Å². The van der Waals surface area contributed by atoms with Crippen LogP contribution in [-0.4, -0.2) is 68.9 Å². The molecule has 0 spiro atoms. The van der Waals surface area contributed by atoms with Crippen molar-refractivity contribution in [2.24, 2.45) is 0 Å². The van der Waals surface area contributed by atoms with Gasteiger partial charge in [-0.2, -0.15) is 0 Å². The van der Waals surface area contributed by atoms with Crippen LogP contribution in [0.15, 0.2) is 36.5 Å². The molecule has 4 rings (SSSR count). The van der Waals surface area contributed by atoms with Crippen LogP contribution in [0.3, 0.4) is 0 Å². The Morgan fingerprint density at radius 1 is 1.21 bits per heavy atom. The van der Waals surface area contributed by atoms with Gasteiger partial charge in [-0.05, 0) is 25.2 Å². The van der Waals surface area contributed by atoms with Gasteiger partial charge in [0, 0.05) is 55.4 Å². The van der Waals surface area contributed by atoms with Crippen molar-refractivity contribution in [3.05, 3.63) is 52.2 Å². The van der Waals surface area contributed by atoms with E-state index in [-0.39, 0.29) is 17.5 Å². The Labute approximate surface area is 160 Å². The number of carbonyl (C=O) groups excluding carboxylic acids is 1. The van der Waals surface area contributed by atoms with Crippen molar-refractivity contribution < 1.29 is 14.8 Å². The van der Waals surface area contributed by atoms with Crippen molar-refractivity contribution in [3.8, 4) is 17.1 Å². The second-order valence-corrected chi connectivity index (χ2v) is 6.86. The number of carbonyl (C=O) groups is 1. The highest BCUT2D eigenvalue weighted by Crippen LogP contribution is 2.37. The van der Waals surface area contributed by atoms with Gasteiger partial charge in [-0.25, -0.2) is 0 Å². The lowest BCUT2D eigenvalue weighted by atomic mass is 10.1. The maximum atomic E-state index is 12.6. The van der Waals surface area contributed by atoms with E-state index in [1.165, 1.54) is 18.3 Å². The standard InChI is InChI=1S/C19H19N5O4/c1-22-6-8-23(9-7-22)19(26)12-2-4-16(20-11-12)17-14-10-13(24(27)28)3-5-15(14)21-18(17)25/h2-5,10-11,21,25H,6-9H2,1H3. The fourth-order valence-electron chi connectivity index (χ4n) is 3.40. The first-order chi connectivity index (χ1) is 13.4. The number of hydrogen-bond donors (Lipinski definition) is 2. The summed E-state index contributed by atoms with van der Waals surface area (Å²) in [5, 5.41) is 21.8. The highest BCUT2D eigenvalue weighted by molar-refractivity contribution is 6.00. The zero-order valence-corrected chi connectivity index (χ0v) is 15.3. The van der Waals surface area contributed by atoms with Gasteiger partial charge in [0.15, 0.2) is 5.88 Å². The van der Waals surface area contributed by atoms with Gasteiger partial charge in [-0.15, -0.1) is 0 Å². The molecule has 1 aromatic carbocycles. The van der Waals surface area contributed by atoms with Crippen molar-refractivity contribution in [3.63, 3.8) is 0 Å². The van der Waals surface area contributed by atoms with E-state index in [0.717, 1.165) is 13.1 Å². The number of H-pyrrole nitrogens is 1. The predicted molar refractivity (Wildman–Crippen MR) is 103 cm³/mol. The highest BCUT2D eigenvalue weighted by Gasteiger charge is 2.22. The van der Waals surface area contributed by atoms with E-state index in [9.17, 15) is 20.0 Å². The van der Waals surface area contributed by atoms with Gasteiger partial charge in [0.25, 0.3) is 11.6 Å². The number of likely N-dealkylation sites (N-methyl/N-ethyl adjacent to an activating group) is 1. The van der Waals surface area contributed by atoms with E-state index in [1.807, 2.05) is 7.05 Å². The lowest BCUT2D eigenvalue weighted by Crippen LogP contribution is -2.47. The fraction of sp³-hybridized carbons (Fsp3) is 0.263. The molecule has 3 heterocycles. The summed E-state index contributed by atoms with van der Waals surface area (Å²) in [5.41, 5.74) is 1.77. The van der Waals surface area contributed by atoms with Gasteiger partial charge < -0.3 is 19.9 Å². The topological polar surface area (TPSA) is 116 Å². The molecule has 0 saturated carbocycles. The number of nitro benzene ring substituents is 1. The molecule has 0 radical (unpaired) electrons. The molecule has 2 N–H and O–H groups in total. The summed E-state index contributed by atoms with van der Waals surface area (Å²) in [4.78, 5) is 34.3. The van der Waals surface area contributed by atoms with E-state index in [4.69, 9.17) is 0 Å². The number of piperazine rings is 1. The number of fused-ring (bicyclic) bond motifs is 1. The average Bonchev–Trinajstić information content (AvgIpc) is 3.03. The molecule has 9 heteroatoms. The largest absolute Gasteiger partial charge is 0.494 e. The van der Waals surface area contributed by atoms with E-state index >= 15 is 0 Å². The van der Waals surface area contributed by atoms with Crippen molar-refractivity contribution >= 4 is 22.5 Å². The van der Waals surface area contributed by atoms with Crippen LogP contribution in [-0.2, 0) is 0 Å². The van der Waals surface area contributed by atoms with E-state index in [0.29, 0.717) is 40.8 Å². The zero-order valence-electron chi connectivity index (χ0n) is 15.3. The first-order valence-electron chi connectivity index (χ1n) is 8.87. The van der Waals surface area contributed by atoms with Crippen LogP contribution >= 0.6 is 0 Å². The average molecular weight is 381 g/mol. The predicted octanol–water partition coefficient (Wildman–Crippen LogP) is 2.23. The van der Waals surface area contributed by atoms with E-state index in [1.54, 1.807) is 23.1 Å². The molecule has 1 amide bonds. The molecule has 2 aromatic heterocycles. The minimum atomic E-state index is -0.488. The number of amides is 1. The van der Waals surface area contributed by atoms with Crippen LogP contribution in [0.25, 0.3) is 22.2 Å². The Balaban J connectivity index is 1.65. The number of aromatic hydroxyl groups is 1. The van der Waals surface area contributed by atoms with Gasteiger partial charge >= 0.3 is 0 Å². The summed E-state index contributed by atoms with van der Waals surface area (Å²) in [6, 6.07) is 7.62. The molecule has 0 unspecified atom stereocenters. The number of nitrogens with one attached hydrogen (secondary N) is 1. The molecular formula is C19H19N5O4. The molecule has 1 fully saturated rings. The zero-order chi connectivity index (χ0) is 19.8. The third-order valence-electron chi connectivity index (χ3n) is 5.03. The lowest BCUT2D eigenvalue weighted by Gasteiger charge is -2.32. The summed E-state index contributed by atoms with van der Waals surface area (Å²) >= 11 is 0. The van der Waals surface area contributed by atoms with Crippen LogP contribution in [0.5, 0.6) is 5.88 Å². The molecule has 1 saturated heterocycles. The van der Waals surface area contributed by atoms with E-state index in [2.05, 4.69) is 14.9 Å². The van der Waals surface area contributed by atoms with Gasteiger partial charge in [-0.1, -0.05) is 0 Å². The number of rotatable bonds is 3. The van der Waals surface area contributed by atoms with E-state index < -0.39 is 4.92 Å². The maximum Gasteiger partial charge on any atom is 0.270 e. The molecular weight excluding hydrogens is 362 g/mol. The van der Waals surface area contributed by atoms with Crippen molar-refractivity contribution in [1.29, 1.82) is 0 Å². The maximum absolute atomic E-state index is 12.6. The normalized spacial score (nSPS) is 15.1. The van der Waals surface area contributed by atoms with Crippen molar-refractivity contribution in [2.75, 3.05) is 33.2 Å². The Kier molecular flexibility index (Phi) is 4.44. The quantitative estimate of drug-likeness (QED) is 0.531. The summed E-state index contributed by atoms with van der Waals surface area (Å²) in [7, 11) is 2.02. The number of pyridine rings is 1. The number of aromatic nitrogens is 2. The Bertz CT molecular complexity index is 1050. The Morgan fingerprint density at radius 2 is 1.96 bits per heavy atom. The first kappa shape index (κ1) is 17.9. The molecule has 0 bridgehead atoms. The molecule has 28 heavy (non-hydrogen) atoms. The van der Waals surface area contributed by atoms with Crippen LogP contribution in [0.4, 0.5) is 5.69 Å². The molecule has 0 aliphatic carbocycles. The monoisotopic (exact) mass is 381 g/mol. The van der Waals surface area contributed by atoms with Gasteiger partial charge in [-0.3, -0.25) is 19.9 Å². The third kappa shape index (κ3) is 3.16. The van der Waals surface area contributed by atoms with Crippen LogP contribution in [0, 0.1) is 10.1 Å². The number of nitrogens with zero attached hydrogens (tertiary/aromatic N) is 4. The minimum Gasteiger partial charge on any atom is -0.494 e. The summed E-state index contributed by atoms with van der Waals surface area (Å²) < 4.78 is 0. The molecule has 1 aliphatic heterocycles. The fourth-order valence-corrected chi connectivity index (χ4v) is 3.40. The molecule has 144 valence electrons. The second-order valence-electron chi connectivity index (χ2n) is 6.86. The number of benzene rings is 1. The van der Waals surface area contributed by atoms with Crippen LogP contribution in [0.2, 0.25) is 0 Å². The summed E-state index contributed by atoms with van der Waals surface area (Å²) in [6.07, 6.45) is 1.48. The van der Waals surface area contributed by atoms with Gasteiger partial charge in [0.05, 0.1) is 21.7 Å². The number of hydrogen-bond acceptors (Lipinski definition) is 6. The molecule has 9 nitrogen and oxygen atoms in total. The number of nitro groups is 1. The van der Waals surface area contributed by atoms with Crippen molar-refractivity contribution in [2.45, 2.75) is 0 Å². The number of non-ortho nitro benzene ring substituents is 1. The molecule has 1 aliphatic rings. The summed E-state index contributed by atoms with van der Waals surface area (Å²) in [6.45, 7) is 3.01. The van der Waals surface area contributed by atoms with Crippen molar-refractivity contribution in [1.82, 2.24) is 19.8 Å². The lowest BCUT2D eigenvalue weighted by molar-refractivity contribution is -0.384. The van der Waals surface area contributed by atoms with Gasteiger partial charge in [0.2, 0.25) is 0 Å². The van der Waals surface area contributed by atoms with Crippen LogP contribution in [0.1, 0.15) is 10.4 Å². The smallest absolute Gasteiger partial charge is 0.270 e. The summed E-state index contributed by atoms with van der Waals surface area (Å²) in [5.74, 6) is -0.202. The Morgan fingerprint density at radius 3 is 2.61 bits per heavy atom. The molecule has 3 aromatic rings. The minimum absolute atomic E-state index is 0.0744. The molecule has 0 atom stereocenters.